The lowest BCUT2D eigenvalue weighted by molar-refractivity contribution is 0.405. The highest BCUT2D eigenvalue weighted by molar-refractivity contribution is 5.86. The van der Waals surface area contributed by atoms with Crippen molar-refractivity contribution in [3.63, 3.8) is 0 Å². The van der Waals surface area contributed by atoms with Crippen LogP contribution in [0.3, 0.4) is 0 Å². The molecule has 3 aromatic rings. The third-order valence-electron chi connectivity index (χ3n) is 3.40. The van der Waals surface area contributed by atoms with Crippen molar-refractivity contribution >= 4 is 22.7 Å². The topological polar surface area (TPSA) is 74.1 Å². The van der Waals surface area contributed by atoms with Crippen molar-refractivity contribution in [1.82, 2.24) is 19.5 Å². The highest BCUT2D eigenvalue weighted by Gasteiger charge is 2.12. The first-order valence-electron chi connectivity index (χ1n) is 6.91. The zero-order valence-electron chi connectivity index (χ0n) is 12.7. The number of nitrogens with zero attached hydrogens (tertiary/aromatic N) is 4. The first kappa shape index (κ1) is 14.1. The molecule has 0 radical (unpaired) electrons. The van der Waals surface area contributed by atoms with Crippen molar-refractivity contribution in [1.29, 1.82) is 0 Å². The Bertz CT molecular complexity index is 800. The molecule has 0 aliphatic rings. The molecule has 2 heterocycles. The van der Waals surface area contributed by atoms with Gasteiger partial charge in [0.05, 0.1) is 26.2 Å². The number of ether oxygens (including phenoxy) is 2. The molecule has 0 spiro atoms. The van der Waals surface area contributed by atoms with Gasteiger partial charge in [-0.25, -0.2) is 15.0 Å². The Hall–Kier alpha value is -2.83. The van der Waals surface area contributed by atoms with Gasteiger partial charge >= 0.3 is 0 Å². The summed E-state index contributed by atoms with van der Waals surface area (Å²) in [5, 5.41) is 3.25. The summed E-state index contributed by atoms with van der Waals surface area (Å²) in [5.41, 5.74) is 2.27. The molecule has 0 saturated carbocycles. The number of hydrogen-bond donors (Lipinski definition) is 1. The summed E-state index contributed by atoms with van der Waals surface area (Å²) in [4.78, 5) is 13.0. The second-order valence-corrected chi connectivity index (χ2v) is 4.62. The lowest BCUT2D eigenvalue weighted by Crippen LogP contribution is -2.00. The first-order chi connectivity index (χ1) is 10.8. The summed E-state index contributed by atoms with van der Waals surface area (Å²) in [6.45, 7) is 2.84. The second-order valence-electron chi connectivity index (χ2n) is 4.62. The Kier molecular flexibility index (Phi) is 3.78. The number of aryl methyl sites for hydroxylation is 1. The molecule has 0 fully saturated rings. The van der Waals surface area contributed by atoms with Crippen LogP contribution in [0.4, 0.5) is 11.5 Å². The largest absolute Gasteiger partial charge is 0.497 e. The molecule has 0 aliphatic heterocycles. The van der Waals surface area contributed by atoms with E-state index in [0.29, 0.717) is 17.1 Å². The van der Waals surface area contributed by atoms with Crippen LogP contribution >= 0.6 is 0 Å². The lowest BCUT2D eigenvalue weighted by Gasteiger charge is -2.12. The summed E-state index contributed by atoms with van der Waals surface area (Å²) in [7, 11) is 3.24. The van der Waals surface area contributed by atoms with E-state index in [9.17, 15) is 0 Å². The Morgan fingerprint density at radius 2 is 2.00 bits per heavy atom. The predicted molar refractivity (Wildman–Crippen MR) is 83.8 cm³/mol. The third-order valence-corrected chi connectivity index (χ3v) is 3.40. The summed E-state index contributed by atoms with van der Waals surface area (Å²) in [6, 6.07) is 5.53. The maximum Gasteiger partial charge on any atom is 0.165 e. The van der Waals surface area contributed by atoms with E-state index in [1.165, 1.54) is 6.33 Å². The van der Waals surface area contributed by atoms with Gasteiger partial charge in [0.2, 0.25) is 0 Å². The molecule has 0 unspecified atom stereocenters. The quantitative estimate of drug-likeness (QED) is 0.780. The zero-order valence-corrected chi connectivity index (χ0v) is 12.7. The number of fused-ring (bicyclic) bond motifs is 1. The summed E-state index contributed by atoms with van der Waals surface area (Å²) in [5.74, 6) is 2.05. The van der Waals surface area contributed by atoms with Crippen LogP contribution in [-0.4, -0.2) is 33.7 Å². The van der Waals surface area contributed by atoms with E-state index in [2.05, 4.69) is 20.3 Å². The van der Waals surface area contributed by atoms with E-state index in [-0.39, 0.29) is 0 Å². The molecule has 1 aromatic carbocycles. The number of nitrogens with one attached hydrogen (secondary N) is 1. The van der Waals surface area contributed by atoms with Gasteiger partial charge in [-0.2, -0.15) is 0 Å². The van der Waals surface area contributed by atoms with Crippen molar-refractivity contribution in [3.8, 4) is 11.5 Å². The van der Waals surface area contributed by atoms with Crippen LogP contribution in [0.1, 0.15) is 6.92 Å². The van der Waals surface area contributed by atoms with Crippen LogP contribution < -0.4 is 14.8 Å². The van der Waals surface area contributed by atoms with Gasteiger partial charge in [-0.3, -0.25) is 0 Å². The molecule has 0 bridgehead atoms. The normalized spacial score (nSPS) is 10.7. The van der Waals surface area contributed by atoms with Gasteiger partial charge in [-0.15, -0.1) is 0 Å². The van der Waals surface area contributed by atoms with Gasteiger partial charge in [0.15, 0.2) is 17.0 Å². The smallest absolute Gasteiger partial charge is 0.165 e. The maximum absolute atomic E-state index is 5.37. The molecule has 3 rings (SSSR count). The molecule has 22 heavy (non-hydrogen) atoms. The highest BCUT2D eigenvalue weighted by Crippen LogP contribution is 2.32. The fraction of sp³-hybridized carbons (Fsp3) is 0.267. The molecule has 0 aliphatic carbocycles. The minimum Gasteiger partial charge on any atom is -0.497 e. The number of anilines is 2. The fourth-order valence-electron chi connectivity index (χ4n) is 2.24. The van der Waals surface area contributed by atoms with E-state index < -0.39 is 0 Å². The Morgan fingerprint density at radius 3 is 2.73 bits per heavy atom. The lowest BCUT2D eigenvalue weighted by atomic mass is 10.2. The van der Waals surface area contributed by atoms with Gasteiger partial charge in [0, 0.05) is 12.6 Å². The Balaban J connectivity index is 2.05. The van der Waals surface area contributed by atoms with Crippen LogP contribution in [0.15, 0.2) is 30.9 Å². The van der Waals surface area contributed by atoms with E-state index in [4.69, 9.17) is 9.47 Å². The first-order valence-corrected chi connectivity index (χ1v) is 6.91. The van der Waals surface area contributed by atoms with Crippen LogP contribution in [0, 0.1) is 0 Å². The fourth-order valence-corrected chi connectivity index (χ4v) is 2.24. The molecule has 7 heteroatoms. The average molecular weight is 299 g/mol. The molecule has 0 saturated heterocycles. The van der Waals surface area contributed by atoms with E-state index >= 15 is 0 Å². The number of imidazole rings is 1. The molecule has 0 amide bonds. The van der Waals surface area contributed by atoms with Crippen molar-refractivity contribution in [2.24, 2.45) is 0 Å². The van der Waals surface area contributed by atoms with E-state index in [1.807, 2.05) is 29.7 Å². The van der Waals surface area contributed by atoms with Gasteiger partial charge in [-0.05, 0) is 19.1 Å². The zero-order chi connectivity index (χ0) is 15.5. The highest BCUT2D eigenvalue weighted by atomic mass is 16.5. The standard InChI is InChI=1S/C15H17N5O2/c1-4-20-9-18-13-14(16-8-17-15(13)20)19-11-7-10(21-2)5-6-12(11)22-3/h5-9H,4H2,1-3H3,(H,16,17,19). The minimum atomic E-state index is 0.628. The SMILES string of the molecule is CCn1cnc2c(Nc3cc(OC)ccc3OC)ncnc21. The molecule has 2 aromatic heterocycles. The van der Waals surface area contributed by atoms with Crippen molar-refractivity contribution in [2.45, 2.75) is 13.5 Å². The number of aromatic nitrogens is 4. The van der Waals surface area contributed by atoms with Crippen LogP contribution in [0.2, 0.25) is 0 Å². The third kappa shape index (κ3) is 2.41. The molecule has 114 valence electrons. The monoisotopic (exact) mass is 299 g/mol. The van der Waals surface area contributed by atoms with Gasteiger partial charge in [0.1, 0.15) is 17.8 Å². The van der Waals surface area contributed by atoms with Gasteiger partial charge < -0.3 is 19.4 Å². The number of methoxy groups -OCH3 is 2. The van der Waals surface area contributed by atoms with Gasteiger partial charge in [-0.1, -0.05) is 0 Å². The van der Waals surface area contributed by atoms with Crippen LogP contribution in [0.5, 0.6) is 11.5 Å². The maximum atomic E-state index is 5.37. The summed E-state index contributed by atoms with van der Waals surface area (Å²) in [6.07, 6.45) is 3.28. The van der Waals surface area contributed by atoms with E-state index in [1.54, 1.807) is 20.5 Å². The summed E-state index contributed by atoms with van der Waals surface area (Å²) < 4.78 is 12.6. The molecular formula is C15H17N5O2. The Morgan fingerprint density at radius 1 is 1.14 bits per heavy atom. The van der Waals surface area contributed by atoms with Crippen molar-refractivity contribution in [3.05, 3.63) is 30.9 Å². The predicted octanol–water partition coefficient (Wildman–Crippen LogP) is 2.61. The number of benzene rings is 1. The van der Waals surface area contributed by atoms with Gasteiger partial charge in [0.25, 0.3) is 0 Å². The molecule has 7 nitrogen and oxygen atoms in total. The number of hydrogen-bond acceptors (Lipinski definition) is 6. The van der Waals surface area contributed by atoms with Crippen LogP contribution in [0.25, 0.3) is 11.2 Å². The molecular weight excluding hydrogens is 282 g/mol. The van der Waals surface area contributed by atoms with Crippen molar-refractivity contribution < 1.29 is 9.47 Å². The minimum absolute atomic E-state index is 0.628. The molecule has 1 N–H and O–H groups in total. The number of rotatable bonds is 5. The van der Waals surface area contributed by atoms with Crippen LogP contribution in [-0.2, 0) is 6.54 Å². The Labute approximate surface area is 127 Å². The van der Waals surface area contributed by atoms with Crippen molar-refractivity contribution in [2.75, 3.05) is 19.5 Å². The average Bonchev–Trinajstić information content (AvgIpc) is 2.99. The summed E-state index contributed by atoms with van der Waals surface area (Å²) >= 11 is 0. The second kappa shape index (κ2) is 5.88. The van der Waals surface area contributed by atoms with E-state index in [0.717, 1.165) is 23.6 Å². The molecule has 0 atom stereocenters.